The molecule has 35 heavy (non-hydrogen) atoms. The number of fused-ring (bicyclic) bond motifs is 1. The monoisotopic (exact) mass is 492 g/mol. The first-order valence-corrected chi connectivity index (χ1v) is 11.4. The zero-order valence-corrected chi connectivity index (χ0v) is 20.1. The Morgan fingerprint density at radius 3 is 2.51 bits per heavy atom. The van der Waals surface area contributed by atoms with E-state index in [9.17, 15) is 14.4 Å². The Hall–Kier alpha value is -4.04. The molecule has 0 unspecified atom stereocenters. The molecule has 0 bridgehead atoms. The van der Waals surface area contributed by atoms with Crippen LogP contribution in [0.5, 0.6) is 5.75 Å². The smallest absolute Gasteiger partial charge is 0.250 e. The number of nitrogens with zero attached hydrogens (tertiary/aromatic N) is 1. The van der Waals surface area contributed by atoms with Crippen molar-refractivity contribution in [1.82, 2.24) is 0 Å². The zero-order chi connectivity index (χ0) is 24.9. The lowest BCUT2D eigenvalue weighted by Crippen LogP contribution is -2.51. The second-order valence-electron chi connectivity index (χ2n) is 8.15. The van der Waals surface area contributed by atoms with Gasteiger partial charge >= 0.3 is 0 Å². The molecule has 1 atom stereocenters. The molecule has 9 heteroatoms. The predicted molar refractivity (Wildman–Crippen MR) is 137 cm³/mol. The van der Waals surface area contributed by atoms with Crippen molar-refractivity contribution in [3.63, 3.8) is 0 Å². The van der Waals surface area contributed by atoms with Crippen LogP contribution in [0.2, 0.25) is 5.02 Å². The summed E-state index contributed by atoms with van der Waals surface area (Å²) < 4.78 is 5.28. The van der Waals surface area contributed by atoms with E-state index >= 15 is 0 Å². The number of amides is 3. The van der Waals surface area contributed by atoms with Crippen LogP contribution < -0.4 is 25.6 Å². The molecular formula is C26H25ClN4O4. The van der Waals surface area contributed by atoms with Gasteiger partial charge in [-0.15, -0.1) is 0 Å². The van der Waals surface area contributed by atoms with E-state index in [2.05, 4.69) is 16.0 Å². The van der Waals surface area contributed by atoms with Gasteiger partial charge < -0.3 is 20.7 Å². The number of carbonyl (C=O) groups excluding carboxylic acids is 3. The van der Waals surface area contributed by atoms with Gasteiger partial charge in [0.05, 0.1) is 30.6 Å². The summed E-state index contributed by atoms with van der Waals surface area (Å²) in [7, 11) is 1.49. The van der Waals surface area contributed by atoms with Crippen LogP contribution in [-0.4, -0.2) is 37.4 Å². The maximum absolute atomic E-state index is 13.3. The first kappa shape index (κ1) is 24.1. The standard InChI is InChI=1S/C26H25ClN4O4/c1-16-7-10-18(11-8-16)28-24(32)14-21-26(34)31(22-6-4-3-5-19(22)29-21)15-25(33)30-20-13-17(27)9-12-23(20)35-2/h3-13,21,29H,14-15H2,1-2H3,(H,28,32)(H,30,33)/t21-/m0/s1. The molecule has 1 heterocycles. The number of anilines is 4. The topological polar surface area (TPSA) is 99.8 Å². The number of hydrogen-bond donors (Lipinski definition) is 3. The largest absolute Gasteiger partial charge is 0.495 e. The van der Waals surface area contributed by atoms with Crippen molar-refractivity contribution in [2.24, 2.45) is 0 Å². The lowest BCUT2D eigenvalue weighted by atomic mass is 10.1. The quantitative estimate of drug-likeness (QED) is 0.452. The Morgan fingerprint density at radius 1 is 1.03 bits per heavy atom. The molecule has 0 saturated heterocycles. The van der Waals surface area contributed by atoms with Gasteiger partial charge in [0.15, 0.2) is 0 Å². The second kappa shape index (κ2) is 10.5. The van der Waals surface area contributed by atoms with Crippen LogP contribution in [0.25, 0.3) is 0 Å². The lowest BCUT2D eigenvalue weighted by Gasteiger charge is -2.34. The minimum absolute atomic E-state index is 0.0960. The van der Waals surface area contributed by atoms with E-state index in [0.717, 1.165) is 5.56 Å². The first-order chi connectivity index (χ1) is 16.8. The summed E-state index contributed by atoms with van der Waals surface area (Å²) in [6.07, 6.45) is -0.0960. The van der Waals surface area contributed by atoms with Crippen LogP contribution >= 0.6 is 11.6 Å². The van der Waals surface area contributed by atoms with Gasteiger partial charge in [-0.1, -0.05) is 41.4 Å². The number of ether oxygens (including phenoxy) is 1. The second-order valence-corrected chi connectivity index (χ2v) is 8.59. The van der Waals surface area contributed by atoms with Crippen LogP contribution in [0.3, 0.4) is 0 Å². The van der Waals surface area contributed by atoms with Crippen LogP contribution in [0, 0.1) is 6.92 Å². The van der Waals surface area contributed by atoms with Crippen molar-refractivity contribution < 1.29 is 19.1 Å². The van der Waals surface area contributed by atoms with Crippen LogP contribution in [0.4, 0.5) is 22.7 Å². The molecule has 1 aliphatic rings. The van der Waals surface area contributed by atoms with Gasteiger partial charge in [-0.2, -0.15) is 0 Å². The summed E-state index contributed by atoms with van der Waals surface area (Å²) in [5.74, 6) is -0.679. The summed E-state index contributed by atoms with van der Waals surface area (Å²) in [6, 6.07) is 18.6. The maximum Gasteiger partial charge on any atom is 0.250 e. The molecule has 0 spiro atoms. The SMILES string of the molecule is COc1ccc(Cl)cc1NC(=O)CN1C(=O)[C@H](CC(=O)Nc2ccc(C)cc2)Nc2ccccc21. The highest BCUT2D eigenvalue weighted by atomic mass is 35.5. The number of carbonyl (C=O) groups is 3. The van der Waals surface area contributed by atoms with Gasteiger partial charge in [-0.05, 0) is 49.4 Å². The van der Waals surface area contributed by atoms with Crippen LogP contribution in [0.15, 0.2) is 66.7 Å². The average molecular weight is 493 g/mol. The van der Waals surface area contributed by atoms with Crippen molar-refractivity contribution in [3.8, 4) is 5.75 Å². The average Bonchev–Trinajstić information content (AvgIpc) is 2.83. The van der Waals surface area contributed by atoms with Gasteiger partial charge in [-0.25, -0.2) is 0 Å². The summed E-state index contributed by atoms with van der Waals surface area (Å²) in [4.78, 5) is 40.3. The molecule has 0 radical (unpaired) electrons. The normalized spacial score (nSPS) is 14.5. The van der Waals surface area contributed by atoms with E-state index < -0.39 is 11.9 Å². The minimum Gasteiger partial charge on any atom is -0.495 e. The molecule has 0 aromatic heterocycles. The molecule has 0 aliphatic carbocycles. The van der Waals surface area contributed by atoms with E-state index in [1.807, 2.05) is 25.1 Å². The molecule has 0 saturated carbocycles. The zero-order valence-electron chi connectivity index (χ0n) is 19.3. The van der Waals surface area contributed by atoms with Gasteiger partial charge in [-0.3, -0.25) is 19.3 Å². The van der Waals surface area contributed by atoms with Gasteiger partial charge in [0.25, 0.3) is 5.91 Å². The van der Waals surface area contributed by atoms with E-state index in [1.165, 1.54) is 12.0 Å². The van der Waals surface area contributed by atoms with E-state index in [0.29, 0.717) is 33.5 Å². The minimum atomic E-state index is -0.830. The molecule has 0 fully saturated rings. The summed E-state index contributed by atoms with van der Waals surface area (Å²) in [6.45, 7) is 1.71. The molecule has 3 N–H and O–H groups in total. The Kier molecular flexibility index (Phi) is 7.22. The number of halogens is 1. The number of para-hydroxylation sites is 2. The van der Waals surface area contributed by atoms with E-state index in [4.69, 9.17) is 16.3 Å². The molecule has 3 aromatic carbocycles. The Labute approximate surface area is 208 Å². The Bertz CT molecular complexity index is 1260. The fourth-order valence-electron chi connectivity index (χ4n) is 3.83. The third kappa shape index (κ3) is 5.73. The third-order valence-electron chi connectivity index (χ3n) is 5.55. The highest BCUT2D eigenvalue weighted by Crippen LogP contribution is 2.33. The molecule has 1 aliphatic heterocycles. The molecule has 4 rings (SSSR count). The highest BCUT2D eigenvalue weighted by molar-refractivity contribution is 6.31. The molecule has 3 amide bonds. The van der Waals surface area contributed by atoms with Gasteiger partial charge in [0.1, 0.15) is 18.3 Å². The molecule has 3 aromatic rings. The van der Waals surface area contributed by atoms with Crippen molar-refractivity contribution in [1.29, 1.82) is 0 Å². The van der Waals surface area contributed by atoms with Crippen LogP contribution in [-0.2, 0) is 14.4 Å². The van der Waals surface area contributed by atoms with Crippen LogP contribution in [0.1, 0.15) is 12.0 Å². The van der Waals surface area contributed by atoms with Crippen molar-refractivity contribution in [3.05, 3.63) is 77.3 Å². The third-order valence-corrected chi connectivity index (χ3v) is 5.79. The number of benzene rings is 3. The van der Waals surface area contributed by atoms with E-state index in [-0.39, 0.29) is 24.8 Å². The summed E-state index contributed by atoms with van der Waals surface area (Å²) >= 11 is 6.05. The van der Waals surface area contributed by atoms with Gasteiger partial charge in [0.2, 0.25) is 11.8 Å². The van der Waals surface area contributed by atoms with Gasteiger partial charge in [0, 0.05) is 10.7 Å². The molecule has 8 nitrogen and oxygen atoms in total. The fourth-order valence-corrected chi connectivity index (χ4v) is 4.01. The number of hydrogen-bond acceptors (Lipinski definition) is 5. The lowest BCUT2D eigenvalue weighted by molar-refractivity contribution is -0.124. The predicted octanol–water partition coefficient (Wildman–Crippen LogP) is 4.45. The molecule has 180 valence electrons. The molecular weight excluding hydrogens is 468 g/mol. The maximum atomic E-state index is 13.3. The Balaban J connectivity index is 1.50. The number of methoxy groups -OCH3 is 1. The fraction of sp³-hybridized carbons (Fsp3) is 0.192. The van der Waals surface area contributed by atoms with Crippen molar-refractivity contribution >= 4 is 52.1 Å². The Morgan fingerprint density at radius 2 is 1.77 bits per heavy atom. The van der Waals surface area contributed by atoms with Crippen molar-refractivity contribution in [2.75, 3.05) is 34.5 Å². The van der Waals surface area contributed by atoms with Crippen molar-refractivity contribution in [2.45, 2.75) is 19.4 Å². The number of nitrogens with one attached hydrogen (secondary N) is 3. The highest BCUT2D eigenvalue weighted by Gasteiger charge is 2.34. The number of aryl methyl sites for hydroxylation is 1. The summed E-state index contributed by atoms with van der Waals surface area (Å²) in [5, 5.41) is 9.13. The summed E-state index contributed by atoms with van der Waals surface area (Å²) in [5.41, 5.74) is 3.34. The van der Waals surface area contributed by atoms with E-state index in [1.54, 1.807) is 48.5 Å². The number of rotatable bonds is 7. The first-order valence-electron chi connectivity index (χ1n) is 11.0.